The molecule has 0 aromatic heterocycles. The zero-order valence-corrected chi connectivity index (χ0v) is 5.92. The van der Waals surface area contributed by atoms with Crippen molar-refractivity contribution in [2.45, 2.75) is 6.92 Å². The van der Waals surface area contributed by atoms with Crippen LogP contribution in [0.3, 0.4) is 0 Å². The van der Waals surface area contributed by atoms with Gasteiger partial charge in [0.05, 0.1) is 0 Å². The lowest BCUT2D eigenvalue weighted by atomic mass is 11.0. The number of hydrogen-bond donors (Lipinski definition) is 0. The number of hydrogen-bond acceptors (Lipinski definition) is 0. The fourth-order valence-electron chi connectivity index (χ4n) is 0. The standard InChI is InChI=1S/C5H13P/c1-5-6(2,3)4/h5H,1-4H3. The van der Waals surface area contributed by atoms with Crippen LogP contribution < -0.4 is 0 Å². The van der Waals surface area contributed by atoms with Gasteiger partial charge in [0.25, 0.3) is 0 Å². The molecule has 0 fully saturated rings. The normalized spacial score (nSPS) is 11.3. The maximum Gasteiger partial charge on any atom is -0.0453 e. The van der Waals surface area contributed by atoms with Gasteiger partial charge in [0.1, 0.15) is 0 Å². The van der Waals surface area contributed by atoms with Gasteiger partial charge in [-0.1, -0.05) is 5.80 Å². The van der Waals surface area contributed by atoms with E-state index in [-0.39, 0.29) is 0 Å². The minimum Gasteiger partial charge on any atom is -0.118 e. The molecular weight excluding hydrogens is 91.0 g/mol. The summed E-state index contributed by atoms with van der Waals surface area (Å²) in [5.74, 6) is 2.30. The highest BCUT2D eigenvalue weighted by molar-refractivity contribution is 7.72. The summed E-state index contributed by atoms with van der Waals surface area (Å²) < 4.78 is 0. The summed E-state index contributed by atoms with van der Waals surface area (Å²) in [5, 5.41) is 0. The van der Waals surface area contributed by atoms with Crippen LogP contribution in [-0.4, -0.2) is 25.8 Å². The Kier molecular flexibility index (Phi) is 1.93. The Labute approximate surface area is 40.5 Å². The van der Waals surface area contributed by atoms with Gasteiger partial charge in [-0.05, 0) is 26.9 Å². The largest absolute Gasteiger partial charge is 0.118 e. The highest BCUT2D eigenvalue weighted by Gasteiger charge is 1.84. The monoisotopic (exact) mass is 104 g/mol. The summed E-state index contributed by atoms with van der Waals surface area (Å²) in [5.41, 5.74) is 0. The molecule has 0 heterocycles. The van der Waals surface area contributed by atoms with Crippen LogP contribution in [0.25, 0.3) is 0 Å². The van der Waals surface area contributed by atoms with Crippen molar-refractivity contribution in [2.24, 2.45) is 0 Å². The first-order valence-corrected chi connectivity index (χ1v) is 5.38. The molecule has 0 rings (SSSR count). The molecule has 0 aliphatic heterocycles. The van der Waals surface area contributed by atoms with Crippen LogP contribution in [0.2, 0.25) is 0 Å². The molecule has 0 unspecified atom stereocenters. The number of rotatable bonds is 0. The summed E-state index contributed by atoms with van der Waals surface area (Å²) in [6, 6.07) is 0. The van der Waals surface area contributed by atoms with E-state index in [4.69, 9.17) is 0 Å². The van der Waals surface area contributed by atoms with Crippen molar-refractivity contribution in [3.8, 4) is 0 Å². The van der Waals surface area contributed by atoms with E-state index < -0.39 is 6.89 Å². The maximum atomic E-state index is 2.30. The molecular formula is C5H13P. The van der Waals surface area contributed by atoms with Crippen molar-refractivity contribution < 1.29 is 0 Å². The molecule has 0 saturated carbocycles. The van der Waals surface area contributed by atoms with Crippen LogP contribution in [0.1, 0.15) is 6.92 Å². The molecule has 0 nitrogen and oxygen atoms in total. The average Bonchev–Trinajstić information content (AvgIpc) is 1.35. The summed E-state index contributed by atoms with van der Waals surface area (Å²) in [4.78, 5) is 0. The van der Waals surface area contributed by atoms with Crippen LogP contribution in [-0.2, 0) is 0 Å². The molecule has 6 heavy (non-hydrogen) atoms. The molecule has 38 valence electrons. The van der Waals surface area contributed by atoms with Crippen molar-refractivity contribution in [1.82, 2.24) is 0 Å². The van der Waals surface area contributed by atoms with Crippen molar-refractivity contribution in [2.75, 3.05) is 20.0 Å². The summed E-state index contributed by atoms with van der Waals surface area (Å²) in [6.07, 6.45) is 0. The fraction of sp³-hybridized carbons (Fsp3) is 0.800. The van der Waals surface area contributed by atoms with Crippen LogP contribution in [0, 0.1) is 0 Å². The molecule has 0 aromatic rings. The van der Waals surface area contributed by atoms with Gasteiger partial charge in [-0.25, -0.2) is 0 Å². The van der Waals surface area contributed by atoms with E-state index in [2.05, 4.69) is 32.7 Å². The molecule has 0 radical (unpaired) electrons. The Morgan fingerprint density at radius 1 is 1.17 bits per heavy atom. The molecule has 1 heteroatoms. The van der Waals surface area contributed by atoms with E-state index in [0.29, 0.717) is 0 Å². The predicted molar refractivity (Wildman–Crippen MR) is 36.4 cm³/mol. The smallest absolute Gasteiger partial charge is 0.0453 e. The van der Waals surface area contributed by atoms with Crippen molar-refractivity contribution in [3.05, 3.63) is 0 Å². The molecule has 0 saturated heterocycles. The van der Waals surface area contributed by atoms with Crippen molar-refractivity contribution >= 4 is 12.7 Å². The zero-order chi connectivity index (χ0) is 5.21. The third kappa shape index (κ3) is 4.30. The molecule has 0 atom stereocenters. The van der Waals surface area contributed by atoms with E-state index in [0.717, 1.165) is 0 Å². The van der Waals surface area contributed by atoms with E-state index in [1.54, 1.807) is 0 Å². The summed E-state index contributed by atoms with van der Waals surface area (Å²) in [7, 11) is 0. The molecule has 0 aliphatic carbocycles. The third-order valence-electron chi connectivity index (χ3n) is 0.775. The molecule has 0 aliphatic rings. The molecule has 0 amide bonds. The van der Waals surface area contributed by atoms with Crippen LogP contribution in [0.5, 0.6) is 0 Å². The average molecular weight is 104 g/mol. The molecule has 0 spiro atoms. The van der Waals surface area contributed by atoms with E-state index in [9.17, 15) is 0 Å². The van der Waals surface area contributed by atoms with E-state index in [1.165, 1.54) is 0 Å². The highest BCUT2D eigenvalue weighted by Crippen LogP contribution is 2.30. The fourth-order valence-corrected chi connectivity index (χ4v) is 0. The SMILES string of the molecule is CC=P(C)(C)C. The lowest BCUT2D eigenvalue weighted by molar-refractivity contribution is 2.05. The first-order chi connectivity index (χ1) is 2.56. The van der Waals surface area contributed by atoms with Gasteiger partial charge in [-0.2, -0.15) is 0 Å². The first-order valence-electron chi connectivity index (χ1n) is 2.18. The Morgan fingerprint density at radius 2 is 1.33 bits per heavy atom. The van der Waals surface area contributed by atoms with Crippen LogP contribution in [0.15, 0.2) is 0 Å². The van der Waals surface area contributed by atoms with Crippen molar-refractivity contribution in [1.29, 1.82) is 0 Å². The highest BCUT2D eigenvalue weighted by atomic mass is 31.2. The second-order valence-electron chi connectivity index (χ2n) is 2.37. The van der Waals surface area contributed by atoms with Gasteiger partial charge >= 0.3 is 0 Å². The van der Waals surface area contributed by atoms with Gasteiger partial charge in [-0.3, -0.25) is 0 Å². The first kappa shape index (κ1) is 6.30. The molecule has 0 bridgehead atoms. The topological polar surface area (TPSA) is 0 Å². The van der Waals surface area contributed by atoms with Crippen LogP contribution in [0.4, 0.5) is 0 Å². The van der Waals surface area contributed by atoms with Gasteiger partial charge in [0.2, 0.25) is 0 Å². The third-order valence-corrected chi connectivity index (χ3v) is 2.32. The minimum atomic E-state index is -0.522. The van der Waals surface area contributed by atoms with Gasteiger partial charge in [0, 0.05) is 0 Å². The minimum absolute atomic E-state index is 0.522. The Balaban J connectivity index is 3.79. The summed E-state index contributed by atoms with van der Waals surface area (Å²) >= 11 is 0. The predicted octanol–water partition coefficient (Wildman–Crippen LogP) is 1.72. The quantitative estimate of drug-likeness (QED) is 0.410. The van der Waals surface area contributed by atoms with Gasteiger partial charge < -0.3 is 0 Å². The lowest BCUT2D eigenvalue weighted by Crippen LogP contribution is -1.70. The van der Waals surface area contributed by atoms with E-state index in [1.807, 2.05) is 0 Å². The van der Waals surface area contributed by atoms with Crippen LogP contribution >= 0.6 is 6.89 Å². The maximum absolute atomic E-state index is 2.30. The van der Waals surface area contributed by atoms with Gasteiger partial charge in [0.15, 0.2) is 0 Å². The molecule has 0 aromatic carbocycles. The zero-order valence-electron chi connectivity index (χ0n) is 5.02. The Morgan fingerprint density at radius 3 is 1.33 bits per heavy atom. The van der Waals surface area contributed by atoms with Crippen molar-refractivity contribution in [3.63, 3.8) is 0 Å². The Hall–Kier alpha value is 0.300. The second kappa shape index (κ2) is 1.84. The molecule has 0 N–H and O–H groups in total. The lowest BCUT2D eigenvalue weighted by Gasteiger charge is -2.00. The second-order valence-corrected chi connectivity index (χ2v) is 7.12. The Bertz CT molecular complexity index is 67.7. The summed E-state index contributed by atoms with van der Waals surface area (Å²) in [6.45, 7) is 8.51. The van der Waals surface area contributed by atoms with E-state index >= 15 is 0 Å². The van der Waals surface area contributed by atoms with Gasteiger partial charge in [-0.15, -0.1) is 6.89 Å².